The SMILES string of the molecule is CCCS(=O)(=O)N1CCN(C(=O)C2COCC2NC)CC1. The van der Waals surface area contributed by atoms with E-state index in [2.05, 4.69) is 5.32 Å². The molecular weight excluding hydrogens is 294 g/mol. The van der Waals surface area contributed by atoms with Crippen molar-refractivity contribution in [3.63, 3.8) is 0 Å². The first kappa shape index (κ1) is 16.7. The summed E-state index contributed by atoms with van der Waals surface area (Å²) in [4.78, 5) is 14.3. The number of piperazine rings is 1. The van der Waals surface area contributed by atoms with Crippen molar-refractivity contribution in [3.05, 3.63) is 0 Å². The van der Waals surface area contributed by atoms with Gasteiger partial charge in [-0.05, 0) is 13.5 Å². The Morgan fingerprint density at radius 3 is 2.48 bits per heavy atom. The molecule has 0 bridgehead atoms. The fourth-order valence-corrected chi connectivity index (χ4v) is 4.38. The Morgan fingerprint density at radius 2 is 1.90 bits per heavy atom. The predicted molar refractivity (Wildman–Crippen MR) is 79.4 cm³/mol. The monoisotopic (exact) mass is 319 g/mol. The third kappa shape index (κ3) is 3.74. The Bertz CT molecular complexity index is 460. The third-order valence-corrected chi connectivity index (χ3v) is 6.25. The van der Waals surface area contributed by atoms with E-state index >= 15 is 0 Å². The Labute approximate surface area is 126 Å². The fraction of sp³-hybridized carbons (Fsp3) is 0.923. The topological polar surface area (TPSA) is 79.0 Å². The minimum atomic E-state index is -3.16. The number of amides is 1. The van der Waals surface area contributed by atoms with Crippen molar-refractivity contribution in [3.8, 4) is 0 Å². The van der Waals surface area contributed by atoms with E-state index < -0.39 is 10.0 Å². The Morgan fingerprint density at radius 1 is 1.24 bits per heavy atom. The van der Waals surface area contributed by atoms with Gasteiger partial charge >= 0.3 is 0 Å². The van der Waals surface area contributed by atoms with Gasteiger partial charge in [0.25, 0.3) is 0 Å². The Hall–Kier alpha value is -0.700. The maximum absolute atomic E-state index is 12.5. The average Bonchev–Trinajstić information content (AvgIpc) is 2.95. The fourth-order valence-electron chi connectivity index (χ4n) is 2.89. The highest BCUT2D eigenvalue weighted by Gasteiger charge is 2.37. The van der Waals surface area contributed by atoms with Crippen LogP contribution in [0.3, 0.4) is 0 Å². The second kappa shape index (κ2) is 7.04. The van der Waals surface area contributed by atoms with Crippen molar-refractivity contribution in [1.82, 2.24) is 14.5 Å². The lowest BCUT2D eigenvalue weighted by molar-refractivity contribution is -0.137. The summed E-state index contributed by atoms with van der Waals surface area (Å²) in [6.45, 7) is 4.58. The van der Waals surface area contributed by atoms with Crippen LogP contribution in [-0.4, -0.2) is 81.8 Å². The highest BCUT2D eigenvalue weighted by Crippen LogP contribution is 2.18. The van der Waals surface area contributed by atoms with Crippen LogP contribution in [0.2, 0.25) is 0 Å². The molecule has 2 heterocycles. The normalized spacial score (nSPS) is 28.0. The molecule has 1 amide bonds. The number of sulfonamides is 1. The van der Waals surface area contributed by atoms with Gasteiger partial charge < -0.3 is 15.0 Å². The number of carbonyl (C=O) groups is 1. The van der Waals surface area contributed by atoms with Gasteiger partial charge in [0.15, 0.2) is 0 Å². The Balaban J connectivity index is 1.90. The quantitative estimate of drug-likeness (QED) is 0.711. The van der Waals surface area contributed by atoms with Crippen LogP contribution in [0.4, 0.5) is 0 Å². The molecule has 0 aromatic heterocycles. The largest absolute Gasteiger partial charge is 0.379 e. The van der Waals surface area contributed by atoms with Gasteiger partial charge in [0, 0.05) is 32.2 Å². The molecule has 21 heavy (non-hydrogen) atoms. The molecule has 0 aromatic rings. The zero-order valence-corrected chi connectivity index (χ0v) is 13.6. The molecule has 0 saturated carbocycles. The van der Waals surface area contributed by atoms with Gasteiger partial charge in [0.05, 0.1) is 24.9 Å². The highest BCUT2D eigenvalue weighted by molar-refractivity contribution is 7.89. The molecule has 2 rings (SSSR count). The van der Waals surface area contributed by atoms with Crippen LogP contribution in [0.5, 0.6) is 0 Å². The van der Waals surface area contributed by atoms with Crippen LogP contribution < -0.4 is 5.32 Å². The first-order valence-corrected chi connectivity index (χ1v) is 9.12. The van der Waals surface area contributed by atoms with Gasteiger partial charge in [0.2, 0.25) is 15.9 Å². The summed E-state index contributed by atoms with van der Waals surface area (Å²) in [6.07, 6.45) is 0.616. The third-order valence-electron chi connectivity index (χ3n) is 4.17. The molecular formula is C13H25N3O4S. The number of rotatable bonds is 5. The van der Waals surface area contributed by atoms with Gasteiger partial charge in [0.1, 0.15) is 0 Å². The summed E-state index contributed by atoms with van der Waals surface area (Å²) in [5.74, 6) is 0.0902. The first-order valence-electron chi connectivity index (χ1n) is 7.51. The minimum Gasteiger partial charge on any atom is -0.379 e. The van der Waals surface area contributed by atoms with Crippen LogP contribution in [-0.2, 0) is 19.6 Å². The van der Waals surface area contributed by atoms with Crippen molar-refractivity contribution in [1.29, 1.82) is 0 Å². The van der Waals surface area contributed by atoms with Gasteiger partial charge in [-0.2, -0.15) is 4.31 Å². The molecule has 2 saturated heterocycles. The second-order valence-corrected chi connectivity index (χ2v) is 7.67. The summed E-state index contributed by atoms with van der Waals surface area (Å²) in [5.41, 5.74) is 0. The molecule has 122 valence electrons. The number of nitrogens with zero attached hydrogens (tertiary/aromatic N) is 2. The number of nitrogens with one attached hydrogen (secondary N) is 1. The smallest absolute Gasteiger partial charge is 0.229 e. The van der Waals surface area contributed by atoms with Crippen LogP contribution in [0.1, 0.15) is 13.3 Å². The Kier molecular flexibility index (Phi) is 5.59. The van der Waals surface area contributed by atoms with Crippen molar-refractivity contribution in [2.45, 2.75) is 19.4 Å². The van der Waals surface area contributed by atoms with E-state index in [4.69, 9.17) is 4.74 Å². The van der Waals surface area contributed by atoms with E-state index in [0.29, 0.717) is 45.8 Å². The molecule has 0 spiro atoms. The summed E-state index contributed by atoms with van der Waals surface area (Å²) in [6, 6.07) is 0.0550. The summed E-state index contributed by atoms with van der Waals surface area (Å²) >= 11 is 0. The number of ether oxygens (including phenoxy) is 1. The maximum Gasteiger partial charge on any atom is 0.229 e. The lowest BCUT2D eigenvalue weighted by atomic mass is 10.0. The number of hydrogen-bond donors (Lipinski definition) is 1. The van der Waals surface area contributed by atoms with Crippen molar-refractivity contribution >= 4 is 15.9 Å². The molecule has 0 radical (unpaired) electrons. The predicted octanol–water partition coefficient (Wildman–Crippen LogP) is -0.895. The molecule has 1 N–H and O–H groups in total. The first-order chi connectivity index (χ1) is 9.99. The van der Waals surface area contributed by atoms with Crippen LogP contribution >= 0.6 is 0 Å². The molecule has 2 unspecified atom stereocenters. The van der Waals surface area contributed by atoms with Gasteiger partial charge in [-0.25, -0.2) is 8.42 Å². The maximum atomic E-state index is 12.5. The number of hydrogen-bond acceptors (Lipinski definition) is 5. The molecule has 2 aliphatic heterocycles. The molecule has 0 aliphatic carbocycles. The highest BCUT2D eigenvalue weighted by atomic mass is 32.2. The van der Waals surface area contributed by atoms with Crippen LogP contribution in [0.25, 0.3) is 0 Å². The molecule has 8 heteroatoms. The van der Waals surface area contributed by atoms with E-state index in [9.17, 15) is 13.2 Å². The lowest BCUT2D eigenvalue weighted by Gasteiger charge is -2.35. The number of likely N-dealkylation sites (N-methyl/N-ethyl adjacent to an activating group) is 1. The standard InChI is InChI=1S/C13H25N3O4S/c1-3-8-21(18,19)16-6-4-15(5-7-16)13(17)11-9-20-10-12(11)14-2/h11-12,14H,3-10H2,1-2H3. The van der Waals surface area contributed by atoms with Crippen LogP contribution in [0.15, 0.2) is 0 Å². The molecule has 0 aromatic carbocycles. The van der Waals surface area contributed by atoms with E-state index in [-0.39, 0.29) is 23.6 Å². The lowest BCUT2D eigenvalue weighted by Crippen LogP contribution is -2.54. The van der Waals surface area contributed by atoms with Crippen LogP contribution in [0, 0.1) is 5.92 Å². The number of carbonyl (C=O) groups excluding carboxylic acids is 1. The average molecular weight is 319 g/mol. The van der Waals surface area contributed by atoms with E-state index in [0.717, 1.165) is 0 Å². The molecule has 7 nitrogen and oxygen atoms in total. The van der Waals surface area contributed by atoms with E-state index in [1.807, 2.05) is 14.0 Å². The summed E-state index contributed by atoms with van der Waals surface area (Å²) < 4.78 is 30.9. The minimum absolute atomic E-state index is 0.0550. The summed E-state index contributed by atoms with van der Waals surface area (Å²) in [5, 5.41) is 3.10. The van der Waals surface area contributed by atoms with Gasteiger partial charge in [-0.15, -0.1) is 0 Å². The van der Waals surface area contributed by atoms with Gasteiger partial charge in [-0.3, -0.25) is 4.79 Å². The zero-order chi connectivity index (χ0) is 15.5. The van der Waals surface area contributed by atoms with Crippen molar-refractivity contribution < 1.29 is 17.9 Å². The van der Waals surface area contributed by atoms with Gasteiger partial charge in [-0.1, -0.05) is 6.92 Å². The van der Waals surface area contributed by atoms with Crippen molar-refractivity contribution in [2.24, 2.45) is 5.92 Å². The molecule has 2 fully saturated rings. The summed E-state index contributed by atoms with van der Waals surface area (Å²) in [7, 11) is -1.33. The van der Waals surface area contributed by atoms with E-state index in [1.54, 1.807) is 4.90 Å². The molecule has 2 aliphatic rings. The molecule has 2 atom stereocenters. The second-order valence-electron chi connectivity index (χ2n) is 5.58. The van der Waals surface area contributed by atoms with Crippen molar-refractivity contribution in [2.75, 3.05) is 52.2 Å². The van der Waals surface area contributed by atoms with E-state index in [1.165, 1.54) is 4.31 Å². The zero-order valence-electron chi connectivity index (χ0n) is 12.7.